The number of amides is 3. The lowest BCUT2D eigenvalue weighted by Gasteiger charge is -2.13. The van der Waals surface area contributed by atoms with Crippen LogP contribution < -0.4 is 14.8 Å². The van der Waals surface area contributed by atoms with Crippen molar-refractivity contribution in [3.05, 3.63) is 56.0 Å². The SMILES string of the molecule is CCc1ccc(NC(=O)CN2C(=O)S/C(=C\c3cc(I)c(OCC(=O)OC)c(OC)c3)C2=O)cc1. The van der Waals surface area contributed by atoms with Crippen LogP contribution in [-0.2, 0) is 25.5 Å². The van der Waals surface area contributed by atoms with Crippen LogP contribution in [0, 0.1) is 3.57 Å². The molecular weight excluding hydrogens is 587 g/mol. The Hall–Kier alpha value is -3.06. The van der Waals surface area contributed by atoms with Gasteiger partial charge in [0.05, 0.1) is 22.7 Å². The molecule has 0 aliphatic carbocycles. The maximum atomic E-state index is 12.8. The van der Waals surface area contributed by atoms with Crippen LogP contribution >= 0.6 is 34.4 Å². The van der Waals surface area contributed by atoms with E-state index in [9.17, 15) is 19.2 Å². The summed E-state index contributed by atoms with van der Waals surface area (Å²) in [4.78, 5) is 50.2. The first-order chi connectivity index (χ1) is 16.7. The van der Waals surface area contributed by atoms with Gasteiger partial charge < -0.3 is 19.5 Å². The molecule has 11 heteroatoms. The monoisotopic (exact) mass is 610 g/mol. The molecule has 0 unspecified atom stereocenters. The number of methoxy groups -OCH3 is 2. The number of carbonyl (C=O) groups is 4. The molecule has 184 valence electrons. The number of aryl methyl sites for hydroxylation is 1. The number of rotatable bonds is 9. The predicted molar refractivity (Wildman–Crippen MR) is 140 cm³/mol. The Kier molecular flexibility index (Phi) is 9.15. The van der Waals surface area contributed by atoms with E-state index in [2.05, 4.69) is 10.1 Å². The Labute approximate surface area is 220 Å². The van der Waals surface area contributed by atoms with E-state index < -0.39 is 29.6 Å². The second-order valence-electron chi connectivity index (χ2n) is 7.27. The summed E-state index contributed by atoms with van der Waals surface area (Å²) in [5.74, 6) is -0.868. The molecule has 0 radical (unpaired) electrons. The van der Waals surface area contributed by atoms with Crippen molar-refractivity contribution in [2.75, 3.05) is 32.7 Å². The second-order valence-corrected chi connectivity index (χ2v) is 9.42. The van der Waals surface area contributed by atoms with Crippen LogP contribution in [-0.4, -0.2) is 55.3 Å². The fourth-order valence-corrected chi connectivity index (χ4v) is 4.73. The van der Waals surface area contributed by atoms with E-state index in [-0.39, 0.29) is 11.5 Å². The van der Waals surface area contributed by atoms with Gasteiger partial charge in [0, 0.05) is 5.69 Å². The van der Waals surface area contributed by atoms with Crippen molar-refractivity contribution in [1.82, 2.24) is 4.90 Å². The van der Waals surface area contributed by atoms with Crippen LogP contribution in [0.1, 0.15) is 18.1 Å². The van der Waals surface area contributed by atoms with Gasteiger partial charge in [0.2, 0.25) is 5.91 Å². The lowest BCUT2D eigenvalue weighted by atomic mass is 10.1. The zero-order chi connectivity index (χ0) is 25.5. The number of benzene rings is 2. The summed E-state index contributed by atoms with van der Waals surface area (Å²) in [5, 5.41) is 2.17. The summed E-state index contributed by atoms with van der Waals surface area (Å²) in [6.45, 7) is 1.36. The standard InChI is InChI=1S/C24H23IN2O7S/c1-4-14-5-7-16(8-6-14)26-20(28)12-27-23(30)19(35-24(27)31)11-15-9-17(25)22(18(10-15)32-2)34-13-21(29)33-3/h5-11H,4,12-13H2,1-3H3,(H,26,28)/b19-11-. The molecule has 0 saturated carbocycles. The number of hydrogen-bond donors (Lipinski definition) is 1. The fraction of sp³-hybridized carbons (Fsp3) is 0.250. The number of halogens is 1. The highest BCUT2D eigenvalue weighted by molar-refractivity contribution is 14.1. The average molecular weight is 610 g/mol. The molecule has 2 aromatic rings. The number of thioether (sulfide) groups is 1. The van der Waals surface area contributed by atoms with E-state index in [1.54, 1.807) is 30.3 Å². The van der Waals surface area contributed by atoms with Gasteiger partial charge >= 0.3 is 5.97 Å². The first-order valence-corrected chi connectivity index (χ1v) is 12.4. The molecule has 1 heterocycles. The molecule has 35 heavy (non-hydrogen) atoms. The summed E-state index contributed by atoms with van der Waals surface area (Å²) < 4.78 is 16.1. The third-order valence-corrected chi connectivity index (χ3v) is 6.64. The van der Waals surface area contributed by atoms with Crippen molar-refractivity contribution < 1.29 is 33.4 Å². The van der Waals surface area contributed by atoms with E-state index in [0.717, 1.165) is 28.6 Å². The van der Waals surface area contributed by atoms with Crippen molar-refractivity contribution in [2.45, 2.75) is 13.3 Å². The molecule has 3 rings (SSSR count). The van der Waals surface area contributed by atoms with Crippen LogP contribution in [0.5, 0.6) is 11.5 Å². The minimum Gasteiger partial charge on any atom is -0.493 e. The number of hydrogen-bond acceptors (Lipinski definition) is 8. The number of nitrogens with one attached hydrogen (secondary N) is 1. The molecule has 0 bridgehead atoms. The quantitative estimate of drug-likeness (QED) is 0.257. The smallest absolute Gasteiger partial charge is 0.343 e. The fourth-order valence-electron chi connectivity index (χ4n) is 3.11. The van der Waals surface area contributed by atoms with E-state index in [1.807, 2.05) is 41.6 Å². The number of esters is 1. The van der Waals surface area contributed by atoms with E-state index in [0.29, 0.717) is 26.3 Å². The third-order valence-electron chi connectivity index (χ3n) is 4.93. The highest BCUT2D eigenvalue weighted by Gasteiger charge is 2.36. The van der Waals surface area contributed by atoms with Gasteiger partial charge in [-0.15, -0.1) is 0 Å². The summed E-state index contributed by atoms with van der Waals surface area (Å²) in [6.07, 6.45) is 2.42. The van der Waals surface area contributed by atoms with Crippen molar-refractivity contribution in [3.8, 4) is 11.5 Å². The molecule has 1 aliphatic heterocycles. The van der Waals surface area contributed by atoms with Crippen LogP contribution in [0.25, 0.3) is 6.08 Å². The minimum absolute atomic E-state index is 0.177. The Morgan fingerprint density at radius 1 is 1.14 bits per heavy atom. The van der Waals surface area contributed by atoms with Gasteiger partial charge in [-0.3, -0.25) is 19.3 Å². The topological polar surface area (TPSA) is 111 Å². The number of imide groups is 1. The van der Waals surface area contributed by atoms with Gasteiger partial charge in [0.25, 0.3) is 11.1 Å². The molecule has 1 aliphatic rings. The third kappa shape index (κ3) is 6.75. The normalized spacial score (nSPS) is 14.3. The Morgan fingerprint density at radius 3 is 2.49 bits per heavy atom. The molecule has 1 fully saturated rings. The first kappa shape index (κ1) is 26.5. The molecule has 1 saturated heterocycles. The van der Waals surface area contributed by atoms with Gasteiger partial charge in [-0.2, -0.15) is 0 Å². The molecule has 0 aromatic heterocycles. The molecular formula is C24H23IN2O7S. The zero-order valence-electron chi connectivity index (χ0n) is 19.3. The number of ether oxygens (including phenoxy) is 3. The largest absolute Gasteiger partial charge is 0.493 e. The molecule has 2 aromatic carbocycles. The maximum Gasteiger partial charge on any atom is 0.343 e. The van der Waals surface area contributed by atoms with E-state index >= 15 is 0 Å². The Morgan fingerprint density at radius 2 is 1.86 bits per heavy atom. The predicted octanol–water partition coefficient (Wildman–Crippen LogP) is 4.09. The van der Waals surface area contributed by atoms with Gasteiger partial charge in [-0.25, -0.2) is 4.79 Å². The van der Waals surface area contributed by atoms with Gasteiger partial charge in [-0.1, -0.05) is 19.1 Å². The molecule has 3 amide bonds. The van der Waals surface area contributed by atoms with Crippen LogP contribution in [0.4, 0.5) is 10.5 Å². The number of carbonyl (C=O) groups excluding carboxylic acids is 4. The van der Waals surface area contributed by atoms with Crippen LogP contribution in [0.2, 0.25) is 0 Å². The van der Waals surface area contributed by atoms with E-state index in [4.69, 9.17) is 9.47 Å². The van der Waals surface area contributed by atoms with Crippen molar-refractivity contribution in [3.63, 3.8) is 0 Å². The second kappa shape index (κ2) is 12.1. The summed E-state index contributed by atoms with van der Waals surface area (Å²) in [5.41, 5.74) is 2.31. The van der Waals surface area contributed by atoms with E-state index in [1.165, 1.54) is 14.2 Å². The molecule has 1 N–H and O–H groups in total. The van der Waals surface area contributed by atoms with Crippen LogP contribution in [0.3, 0.4) is 0 Å². The lowest BCUT2D eigenvalue weighted by molar-refractivity contribution is -0.143. The van der Waals surface area contributed by atoms with Crippen LogP contribution in [0.15, 0.2) is 41.3 Å². The van der Waals surface area contributed by atoms with Crippen molar-refractivity contribution in [1.29, 1.82) is 0 Å². The number of nitrogens with zero attached hydrogens (tertiary/aromatic N) is 1. The maximum absolute atomic E-state index is 12.8. The molecule has 9 nitrogen and oxygen atoms in total. The lowest BCUT2D eigenvalue weighted by Crippen LogP contribution is -2.36. The highest BCUT2D eigenvalue weighted by Crippen LogP contribution is 2.37. The van der Waals surface area contributed by atoms with Crippen molar-refractivity contribution >= 4 is 69.1 Å². The van der Waals surface area contributed by atoms with Gasteiger partial charge in [-0.05, 0) is 82.2 Å². The van der Waals surface area contributed by atoms with Crippen molar-refractivity contribution in [2.24, 2.45) is 0 Å². The Bertz CT molecular complexity index is 1180. The average Bonchev–Trinajstić information content (AvgIpc) is 3.10. The van der Waals surface area contributed by atoms with Gasteiger partial charge in [0.15, 0.2) is 18.1 Å². The molecule has 0 atom stereocenters. The summed E-state index contributed by atoms with van der Waals surface area (Å²) in [7, 11) is 2.71. The molecule has 0 spiro atoms. The minimum atomic E-state index is -0.559. The summed E-state index contributed by atoms with van der Waals surface area (Å²) in [6, 6.07) is 10.7. The highest BCUT2D eigenvalue weighted by atomic mass is 127. The summed E-state index contributed by atoms with van der Waals surface area (Å²) >= 11 is 2.77. The Balaban J connectivity index is 1.72. The van der Waals surface area contributed by atoms with Gasteiger partial charge in [0.1, 0.15) is 6.54 Å². The number of anilines is 1. The zero-order valence-corrected chi connectivity index (χ0v) is 22.2. The first-order valence-electron chi connectivity index (χ1n) is 10.5.